The van der Waals surface area contributed by atoms with Gasteiger partial charge in [-0.25, -0.2) is 15.0 Å². The Labute approximate surface area is 175 Å². The summed E-state index contributed by atoms with van der Waals surface area (Å²) in [6.45, 7) is 2.05. The normalized spacial score (nSPS) is 24.0. The highest BCUT2D eigenvalue weighted by molar-refractivity contribution is 5.59. The second-order valence-corrected chi connectivity index (χ2v) is 8.69. The van der Waals surface area contributed by atoms with E-state index in [9.17, 15) is 10.2 Å². The fraction of sp³-hybridized carbons (Fsp3) is 0.435. The van der Waals surface area contributed by atoms with Crippen LogP contribution < -0.4 is 5.32 Å². The molecule has 0 unspecified atom stereocenters. The second kappa shape index (κ2) is 7.49. The van der Waals surface area contributed by atoms with Crippen LogP contribution in [0.25, 0.3) is 5.69 Å². The van der Waals surface area contributed by atoms with Crippen molar-refractivity contribution in [2.24, 2.45) is 0 Å². The van der Waals surface area contributed by atoms with E-state index < -0.39 is 5.60 Å². The first-order valence-corrected chi connectivity index (χ1v) is 10.7. The molecule has 2 aromatic heterocycles. The molecule has 5 rings (SSSR count). The summed E-state index contributed by atoms with van der Waals surface area (Å²) in [4.78, 5) is 13.5. The predicted octanol–water partition coefficient (Wildman–Crippen LogP) is 3.71. The van der Waals surface area contributed by atoms with Gasteiger partial charge in [-0.05, 0) is 75.3 Å². The first-order valence-electron chi connectivity index (χ1n) is 10.7. The number of aryl methyl sites for hydroxylation is 1. The number of aliphatic hydroxyl groups excluding tert-OH is 1. The van der Waals surface area contributed by atoms with E-state index in [1.54, 1.807) is 6.33 Å². The van der Waals surface area contributed by atoms with Gasteiger partial charge < -0.3 is 20.1 Å². The van der Waals surface area contributed by atoms with Crippen molar-refractivity contribution in [1.82, 2.24) is 19.5 Å². The molecule has 156 valence electrons. The van der Waals surface area contributed by atoms with Crippen LogP contribution in [0.4, 0.5) is 11.6 Å². The highest BCUT2D eigenvalue weighted by Crippen LogP contribution is 2.39. The maximum Gasteiger partial charge on any atom is 0.227 e. The van der Waals surface area contributed by atoms with Gasteiger partial charge >= 0.3 is 0 Å². The molecular formula is C23H27N5O2. The van der Waals surface area contributed by atoms with E-state index in [4.69, 9.17) is 0 Å². The molecule has 2 saturated carbocycles. The molecule has 7 heteroatoms. The van der Waals surface area contributed by atoms with E-state index >= 15 is 0 Å². The number of benzene rings is 1. The van der Waals surface area contributed by atoms with E-state index in [2.05, 4.69) is 32.4 Å². The molecule has 1 aromatic carbocycles. The van der Waals surface area contributed by atoms with Crippen LogP contribution in [0.5, 0.6) is 0 Å². The van der Waals surface area contributed by atoms with Crippen molar-refractivity contribution in [1.29, 1.82) is 0 Å². The third-order valence-corrected chi connectivity index (χ3v) is 6.13. The van der Waals surface area contributed by atoms with Crippen LogP contribution >= 0.6 is 0 Å². The lowest BCUT2D eigenvalue weighted by atomic mass is 9.81. The monoisotopic (exact) mass is 405 g/mol. The zero-order valence-corrected chi connectivity index (χ0v) is 17.1. The lowest BCUT2D eigenvalue weighted by Crippen LogP contribution is -2.33. The molecule has 0 spiro atoms. The number of anilines is 2. The number of nitrogens with one attached hydrogen (secondary N) is 1. The van der Waals surface area contributed by atoms with Crippen LogP contribution in [0.3, 0.4) is 0 Å². The summed E-state index contributed by atoms with van der Waals surface area (Å²) < 4.78 is 1.93. The zero-order valence-electron chi connectivity index (χ0n) is 17.1. The molecule has 0 aliphatic heterocycles. The van der Waals surface area contributed by atoms with Gasteiger partial charge in [-0.1, -0.05) is 0 Å². The van der Waals surface area contributed by atoms with Gasteiger partial charge in [-0.3, -0.25) is 0 Å². The summed E-state index contributed by atoms with van der Waals surface area (Å²) in [5, 5.41) is 24.1. The molecule has 2 aliphatic rings. The minimum absolute atomic E-state index is 0.321. The largest absolute Gasteiger partial charge is 0.393 e. The molecule has 2 aliphatic carbocycles. The maximum atomic E-state index is 11.0. The Hall–Kier alpha value is -2.77. The predicted molar refractivity (Wildman–Crippen MR) is 114 cm³/mol. The summed E-state index contributed by atoms with van der Waals surface area (Å²) in [7, 11) is 0. The zero-order chi connectivity index (χ0) is 20.7. The fourth-order valence-electron chi connectivity index (χ4n) is 4.19. The molecule has 0 atom stereocenters. The molecule has 0 bridgehead atoms. The number of aromatic nitrogens is 4. The van der Waals surface area contributed by atoms with Crippen LogP contribution in [-0.2, 0) is 5.60 Å². The van der Waals surface area contributed by atoms with Crippen molar-refractivity contribution in [3.63, 3.8) is 0 Å². The summed E-state index contributed by atoms with van der Waals surface area (Å²) in [5.41, 5.74) is 3.76. The summed E-state index contributed by atoms with van der Waals surface area (Å²) in [6.07, 6.45) is 9.78. The molecule has 0 amide bonds. The van der Waals surface area contributed by atoms with Crippen molar-refractivity contribution in [3.05, 3.63) is 59.9 Å². The average molecular weight is 406 g/mol. The Kier molecular flexibility index (Phi) is 4.79. The van der Waals surface area contributed by atoms with Crippen LogP contribution in [-0.4, -0.2) is 35.8 Å². The lowest BCUT2D eigenvalue weighted by Gasteiger charge is -2.32. The first-order chi connectivity index (χ1) is 14.5. The smallest absolute Gasteiger partial charge is 0.227 e. The average Bonchev–Trinajstić information content (AvgIpc) is 3.46. The molecule has 3 aromatic rings. The second-order valence-electron chi connectivity index (χ2n) is 8.69. The first kappa shape index (κ1) is 19.2. The maximum absolute atomic E-state index is 11.0. The van der Waals surface area contributed by atoms with E-state index in [0.29, 0.717) is 43.2 Å². The van der Waals surface area contributed by atoms with Crippen LogP contribution in [0, 0.1) is 6.92 Å². The van der Waals surface area contributed by atoms with Gasteiger partial charge in [-0.2, -0.15) is 0 Å². The van der Waals surface area contributed by atoms with Crippen molar-refractivity contribution >= 4 is 11.6 Å². The van der Waals surface area contributed by atoms with E-state index in [0.717, 1.165) is 22.6 Å². The van der Waals surface area contributed by atoms with Crippen LogP contribution in [0.15, 0.2) is 43.0 Å². The van der Waals surface area contributed by atoms with Crippen molar-refractivity contribution in [3.8, 4) is 5.69 Å². The Bertz CT molecular complexity index is 1050. The number of imidazole rings is 1. The van der Waals surface area contributed by atoms with Crippen molar-refractivity contribution < 1.29 is 10.2 Å². The summed E-state index contributed by atoms with van der Waals surface area (Å²) >= 11 is 0. The number of rotatable bonds is 5. The number of aliphatic hydroxyl groups is 2. The van der Waals surface area contributed by atoms with Crippen LogP contribution in [0.2, 0.25) is 0 Å². The van der Waals surface area contributed by atoms with E-state index in [1.807, 2.05) is 36.0 Å². The molecule has 0 radical (unpaired) electrons. The summed E-state index contributed by atoms with van der Waals surface area (Å²) in [5.74, 6) is 1.19. The van der Waals surface area contributed by atoms with Gasteiger partial charge in [-0.15, -0.1) is 0 Å². The van der Waals surface area contributed by atoms with Gasteiger partial charge in [0.05, 0.1) is 18.1 Å². The highest BCUT2D eigenvalue weighted by Gasteiger charge is 2.36. The van der Waals surface area contributed by atoms with Crippen molar-refractivity contribution in [2.45, 2.75) is 63.1 Å². The molecular weight excluding hydrogens is 378 g/mol. The number of hydrogen-bond donors (Lipinski definition) is 3. The Morgan fingerprint density at radius 2 is 1.90 bits per heavy atom. The van der Waals surface area contributed by atoms with Gasteiger partial charge in [0.2, 0.25) is 5.95 Å². The molecule has 2 fully saturated rings. The third kappa shape index (κ3) is 3.95. The minimum Gasteiger partial charge on any atom is -0.393 e. The molecule has 7 nitrogen and oxygen atoms in total. The fourth-order valence-corrected chi connectivity index (χ4v) is 4.19. The Morgan fingerprint density at radius 1 is 1.10 bits per heavy atom. The minimum atomic E-state index is -0.966. The highest BCUT2D eigenvalue weighted by atomic mass is 16.3. The van der Waals surface area contributed by atoms with E-state index in [1.165, 1.54) is 12.8 Å². The van der Waals surface area contributed by atoms with Crippen molar-refractivity contribution in [2.75, 3.05) is 5.32 Å². The quantitative estimate of drug-likeness (QED) is 0.599. The topological polar surface area (TPSA) is 96.1 Å². The van der Waals surface area contributed by atoms with E-state index in [-0.39, 0.29) is 6.10 Å². The Balaban J connectivity index is 1.39. The van der Waals surface area contributed by atoms with Crippen LogP contribution in [0.1, 0.15) is 61.4 Å². The molecule has 0 saturated heterocycles. The SMILES string of the molecule is Cc1cc(Nc2nccc(C3CC3)n2)cc(-n2cnc([C@]3(O)CC[C@@H](O)CC3)c2)c1. The standard InChI is InChI=1S/C23H27N5O2/c1-15-10-17(26-22-24-9-6-20(27-22)16-2-3-16)12-18(11-15)28-13-21(25-14-28)23(30)7-4-19(29)5-8-23/h6,9-14,16,19,29-30H,2-5,7-8H2,1H3,(H,24,26,27)/t19-,23+. The van der Waals surface area contributed by atoms with Gasteiger partial charge in [0, 0.05) is 35.4 Å². The van der Waals surface area contributed by atoms with Gasteiger partial charge in [0.25, 0.3) is 0 Å². The van der Waals surface area contributed by atoms with Gasteiger partial charge in [0.1, 0.15) is 5.60 Å². The van der Waals surface area contributed by atoms with Gasteiger partial charge in [0.15, 0.2) is 0 Å². The Morgan fingerprint density at radius 3 is 2.67 bits per heavy atom. The summed E-state index contributed by atoms with van der Waals surface area (Å²) in [6, 6.07) is 8.16. The molecule has 2 heterocycles. The number of hydrogen-bond acceptors (Lipinski definition) is 6. The molecule has 3 N–H and O–H groups in total. The molecule has 30 heavy (non-hydrogen) atoms. The third-order valence-electron chi connectivity index (χ3n) is 6.13. The number of nitrogens with zero attached hydrogens (tertiary/aromatic N) is 4. The lowest BCUT2D eigenvalue weighted by molar-refractivity contribution is -0.0389.